The lowest BCUT2D eigenvalue weighted by Crippen LogP contribution is -2.15. The number of amides is 1. The molecule has 0 aliphatic carbocycles. The van der Waals surface area contributed by atoms with Crippen LogP contribution in [0, 0.1) is 5.92 Å². The van der Waals surface area contributed by atoms with Crippen LogP contribution in [0.3, 0.4) is 0 Å². The lowest BCUT2D eigenvalue weighted by molar-refractivity contribution is -0.116. The molecule has 20 heavy (non-hydrogen) atoms. The first-order valence-corrected chi connectivity index (χ1v) is 7.71. The van der Waals surface area contributed by atoms with E-state index in [1.165, 1.54) is 11.3 Å². The smallest absolute Gasteiger partial charge is 0.341 e. The highest BCUT2D eigenvalue weighted by Gasteiger charge is 2.16. The number of ether oxygens (including phenoxy) is 1. The third-order valence-corrected chi connectivity index (χ3v) is 3.77. The highest BCUT2D eigenvalue weighted by molar-refractivity contribution is 7.14. The van der Waals surface area contributed by atoms with E-state index in [1.54, 1.807) is 18.4 Å². The van der Waals surface area contributed by atoms with Crippen molar-refractivity contribution in [1.29, 1.82) is 0 Å². The summed E-state index contributed by atoms with van der Waals surface area (Å²) in [6.07, 6.45) is 2.14. The zero-order valence-electron chi connectivity index (χ0n) is 12.0. The molecule has 3 N–H and O–H groups in total. The molecule has 0 radical (unpaired) electrons. The molecule has 112 valence electrons. The predicted octanol–water partition coefficient (Wildman–Crippen LogP) is 2.63. The Labute approximate surface area is 123 Å². The average Bonchev–Trinajstić information content (AvgIpc) is 2.85. The number of esters is 1. The van der Waals surface area contributed by atoms with Crippen molar-refractivity contribution in [3.8, 4) is 0 Å². The summed E-state index contributed by atoms with van der Waals surface area (Å²) in [5, 5.41) is 5.09. The number of nitrogens with two attached hydrogens (primary N) is 1. The van der Waals surface area contributed by atoms with E-state index in [2.05, 4.69) is 12.2 Å². The third-order valence-electron chi connectivity index (χ3n) is 2.94. The molecule has 1 aromatic heterocycles. The molecule has 0 spiro atoms. The van der Waals surface area contributed by atoms with E-state index in [1.807, 2.05) is 0 Å². The molecule has 1 amide bonds. The molecule has 0 fully saturated rings. The molecule has 1 aromatic rings. The monoisotopic (exact) mass is 298 g/mol. The fourth-order valence-electron chi connectivity index (χ4n) is 1.77. The van der Waals surface area contributed by atoms with Crippen molar-refractivity contribution in [2.75, 3.05) is 18.5 Å². The standard InChI is InChI=1S/C14H22N2O3S/c1-3-19-14(18)11-7-9-20-13(11)16-12(17)5-4-10(2)6-8-15/h7,9-10H,3-6,8,15H2,1-2H3,(H,16,17). The quantitative estimate of drug-likeness (QED) is 0.723. The molecule has 5 nitrogen and oxygen atoms in total. The number of nitrogens with one attached hydrogen (secondary N) is 1. The van der Waals surface area contributed by atoms with Crippen LogP contribution in [0.15, 0.2) is 11.4 Å². The maximum atomic E-state index is 11.9. The second-order valence-corrected chi connectivity index (χ2v) is 5.57. The van der Waals surface area contributed by atoms with E-state index in [0.717, 1.165) is 12.8 Å². The summed E-state index contributed by atoms with van der Waals surface area (Å²) in [5.41, 5.74) is 5.89. The molecule has 1 atom stereocenters. The maximum Gasteiger partial charge on any atom is 0.341 e. The molecule has 0 aliphatic rings. The van der Waals surface area contributed by atoms with Gasteiger partial charge in [0.05, 0.1) is 12.2 Å². The molecule has 0 bridgehead atoms. The van der Waals surface area contributed by atoms with Crippen molar-refractivity contribution in [3.63, 3.8) is 0 Å². The Morgan fingerprint density at radius 3 is 2.85 bits per heavy atom. The first-order valence-electron chi connectivity index (χ1n) is 6.83. The lowest BCUT2D eigenvalue weighted by atomic mass is 10.0. The van der Waals surface area contributed by atoms with Crippen LogP contribution in [0.1, 0.15) is 43.5 Å². The molecule has 0 saturated heterocycles. The summed E-state index contributed by atoms with van der Waals surface area (Å²) in [4.78, 5) is 23.5. The largest absolute Gasteiger partial charge is 0.462 e. The summed E-state index contributed by atoms with van der Waals surface area (Å²) in [6, 6.07) is 1.66. The van der Waals surface area contributed by atoms with Crippen LogP contribution < -0.4 is 11.1 Å². The summed E-state index contributed by atoms with van der Waals surface area (Å²) < 4.78 is 4.94. The zero-order chi connectivity index (χ0) is 15.0. The predicted molar refractivity (Wildman–Crippen MR) is 81.0 cm³/mol. The second-order valence-electron chi connectivity index (χ2n) is 4.65. The van der Waals surface area contributed by atoms with Gasteiger partial charge in [0, 0.05) is 6.42 Å². The van der Waals surface area contributed by atoms with Gasteiger partial charge in [-0.3, -0.25) is 4.79 Å². The number of carbonyl (C=O) groups is 2. The number of carbonyl (C=O) groups excluding carboxylic acids is 2. The number of hydrogen-bond acceptors (Lipinski definition) is 5. The zero-order valence-corrected chi connectivity index (χ0v) is 12.8. The van der Waals surface area contributed by atoms with Gasteiger partial charge in [-0.05, 0) is 43.7 Å². The molecule has 1 rings (SSSR count). The van der Waals surface area contributed by atoms with Crippen LogP contribution in [0.25, 0.3) is 0 Å². The first kappa shape index (κ1) is 16.7. The van der Waals surface area contributed by atoms with E-state index in [4.69, 9.17) is 10.5 Å². The van der Waals surface area contributed by atoms with Crippen molar-refractivity contribution >= 4 is 28.2 Å². The van der Waals surface area contributed by atoms with E-state index in [0.29, 0.717) is 36.1 Å². The van der Waals surface area contributed by atoms with Crippen LogP contribution in [0.2, 0.25) is 0 Å². The topological polar surface area (TPSA) is 81.4 Å². The third kappa shape index (κ3) is 5.30. The average molecular weight is 298 g/mol. The Balaban J connectivity index is 2.50. The molecule has 6 heteroatoms. The van der Waals surface area contributed by atoms with Gasteiger partial charge in [0.1, 0.15) is 5.00 Å². The van der Waals surface area contributed by atoms with Crippen LogP contribution >= 0.6 is 11.3 Å². The van der Waals surface area contributed by atoms with Crippen molar-refractivity contribution in [2.45, 2.75) is 33.1 Å². The van der Waals surface area contributed by atoms with Crippen molar-refractivity contribution in [3.05, 3.63) is 17.0 Å². The Morgan fingerprint density at radius 2 is 2.20 bits per heavy atom. The van der Waals surface area contributed by atoms with E-state index >= 15 is 0 Å². The molecular formula is C14H22N2O3S. The highest BCUT2D eigenvalue weighted by atomic mass is 32.1. The highest BCUT2D eigenvalue weighted by Crippen LogP contribution is 2.24. The van der Waals surface area contributed by atoms with Gasteiger partial charge in [0.15, 0.2) is 0 Å². The molecule has 1 unspecified atom stereocenters. The van der Waals surface area contributed by atoms with Crippen molar-refractivity contribution in [2.24, 2.45) is 11.7 Å². The molecule has 0 saturated carbocycles. The molecular weight excluding hydrogens is 276 g/mol. The van der Waals surface area contributed by atoms with E-state index in [-0.39, 0.29) is 5.91 Å². The number of anilines is 1. The SMILES string of the molecule is CCOC(=O)c1ccsc1NC(=O)CCC(C)CCN. The first-order chi connectivity index (χ1) is 9.58. The molecule has 1 heterocycles. The summed E-state index contributed by atoms with van der Waals surface area (Å²) in [5.74, 6) is -0.0546. The Kier molecular flexibility index (Phi) is 7.25. The minimum Gasteiger partial charge on any atom is -0.462 e. The number of thiophene rings is 1. The van der Waals surface area contributed by atoms with Gasteiger partial charge in [-0.25, -0.2) is 4.79 Å². The van der Waals surface area contributed by atoms with Crippen LogP contribution in [-0.4, -0.2) is 25.0 Å². The number of hydrogen-bond donors (Lipinski definition) is 2. The van der Waals surface area contributed by atoms with Gasteiger partial charge in [0.2, 0.25) is 5.91 Å². The molecule has 0 aromatic carbocycles. The van der Waals surface area contributed by atoms with Crippen LogP contribution in [0.5, 0.6) is 0 Å². The van der Waals surface area contributed by atoms with E-state index in [9.17, 15) is 9.59 Å². The van der Waals surface area contributed by atoms with Gasteiger partial charge in [-0.2, -0.15) is 0 Å². The second kappa shape index (κ2) is 8.71. The van der Waals surface area contributed by atoms with Crippen LogP contribution in [0.4, 0.5) is 5.00 Å². The van der Waals surface area contributed by atoms with Gasteiger partial charge in [-0.1, -0.05) is 6.92 Å². The van der Waals surface area contributed by atoms with Gasteiger partial charge in [0.25, 0.3) is 0 Å². The summed E-state index contributed by atoms with van der Waals surface area (Å²) in [7, 11) is 0. The normalized spacial score (nSPS) is 11.9. The van der Waals surface area contributed by atoms with Crippen molar-refractivity contribution < 1.29 is 14.3 Å². The Hall–Kier alpha value is -1.40. The minimum absolute atomic E-state index is 0.0816. The fourth-order valence-corrected chi connectivity index (χ4v) is 2.56. The number of rotatable bonds is 8. The van der Waals surface area contributed by atoms with Crippen LogP contribution in [-0.2, 0) is 9.53 Å². The Bertz CT molecular complexity index is 445. The van der Waals surface area contributed by atoms with Gasteiger partial charge >= 0.3 is 5.97 Å². The Morgan fingerprint density at radius 1 is 1.45 bits per heavy atom. The molecule has 0 aliphatic heterocycles. The van der Waals surface area contributed by atoms with Gasteiger partial charge in [-0.15, -0.1) is 11.3 Å². The fraction of sp³-hybridized carbons (Fsp3) is 0.571. The minimum atomic E-state index is -0.402. The van der Waals surface area contributed by atoms with E-state index < -0.39 is 5.97 Å². The van der Waals surface area contributed by atoms with Crippen molar-refractivity contribution in [1.82, 2.24) is 0 Å². The van der Waals surface area contributed by atoms with Gasteiger partial charge < -0.3 is 15.8 Å². The summed E-state index contributed by atoms with van der Waals surface area (Å²) in [6.45, 7) is 4.79. The maximum absolute atomic E-state index is 11.9. The lowest BCUT2D eigenvalue weighted by Gasteiger charge is -2.10. The summed E-state index contributed by atoms with van der Waals surface area (Å²) >= 11 is 1.32.